The van der Waals surface area contributed by atoms with E-state index in [2.05, 4.69) is 33.9 Å². The molecule has 1 unspecified atom stereocenters. The van der Waals surface area contributed by atoms with Gasteiger partial charge in [-0.25, -0.2) is 0 Å². The molecular formula is C15H30O4Si. The third kappa shape index (κ3) is 3.12. The molecular weight excluding hydrogens is 272 g/mol. The van der Waals surface area contributed by atoms with E-state index in [4.69, 9.17) is 13.9 Å². The van der Waals surface area contributed by atoms with Crippen LogP contribution < -0.4 is 0 Å². The van der Waals surface area contributed by atoms with Gasteiger partial charge in [0.25, 0.3) is 0 Å². The van der Waals surface area contributed by atoms with E-state index in [1.807, 2.05) is 0 Å². The molecule has 0 bridgehead atoms. The van der Waals surface area contributed by atoms with E-state index in [-0.39, 0.29) is 24.0 Å². The molecule has 0 amide bonds. The SMILES string of the molecule is C[SiH](C)OC([C@H]1CCC2(OCCO2)[C@@H]1CO)C(C)(C)C. The Morgan fingerprint density at radius 3 is 2.35 bits per heavy atom. The number of aliphatic hydroxyl groups is 1. The Morgan fingerprint density at radius 1 is 1.30 bits per heavy atom. The molecule has 1 N–H and O–H groups in total. The van der Waals surface area contributed by atoms with Crippen LogP contribution in [-0.4, -0.2) is 45.9 Å². The molecule has 0 radical (unpaired) electrons. The lowest BCUT2D eigenvalue weighted by Crippen LogP contribution is -2.46. The first-order valence-electron chi connectivity index (χ1n) is 7.84. The summed E-state index contributed by atoms with van der Waals surface area (Å²) in [6.45, 7) is 12.5. The van der Waals surface area contributed by atoms with E-state index in [9.17, 15) is 5.11 Å². The third-order valence-corrected chi connectivity index (χ3v) is 5.38. The maximum Gasteiger partial charge on any atom is 0.173 e. The van der Waals surface area contributed by atoms with Crippen LogP contribution in [0.1, 0.15) is 33.6 Å². The second kappa shape index (κ2) is 6.05. The Morgan fingerprint density at radius 2 is 1.90 bits per heavy atom. The fourth-order valence-electron chi connectivity index (χ4n) is 3.79. The molecule has 1 heterocycles. The molecule has 5 heteroatoms. The largest absolute Gasteiger partial charge is 0.417 e. The van der Waals surface area contributed by atoms with Crippen molar-refractivity contribution in [3.8, 4) is 0 Å². The lowest BCUT2D eigenvalue weighted by atomic mass is 9.76. The highest BCUT2D eigenvalue weighted by atomic mass is 28.3. The molecule has 20 heavy (non-hydrogen) atoms. The molecule has 118 valence electrons. The van der Waals surface area contributed by atoms with Gasteiger partial charge in [-0.3, -0.25) is 0 Å². The molecule has 1 aliphatic carbocycles. The molecule has 4 nitrogen and oxygen atoms in total. The number of ether oxygens (including phenoxy) is 2. The Bertz CT molecular complexity index is 320. The van der Waals surface area contributed by atoms with Crippen LogP contribution in [-0.2, 0) is 13.9 Å². The van der Waals surface area contributed by atoms with E-state index >= 15 is 0 Å². The van der Waals surface area contributed by atoms with Crippen molar-refractivity contribution in [2.45, 2.75) is 58.6 Å². The minimum atomic E-state index is -1.13. The zero-order valence-electron chi connectivity index (χ0n) is 13.5. The summed E-state index contributed by atoms with van der Waals surface area (Å²) in [5.41, 5.74) is 0.0689. The summed E-state index contributed by atoms with van der Waals surface area (Å²) < 4.78 is 18.1. The molecule has 0 aromatic rings. The van der Waals surface area contributed by atoms with Gasteiger partial charge in [0, 0.05) is 12.3 Å². The average Bonchev–Trinajstić information content (AvgIpc) is 2.93. The zero-order valence-corrected chi connectivity index (χ0v) is 14.7. The molecule has 3 atom stereocenters. The average molecular weight is 302 g/mol. The zero-order chi connectivity index (χ0) is 15.0. The smallest absolute Gasteiger partial charge is 0.173 e. The number of aliphatic hydroxyl groups excluding tert-OH is 1. The van der Waals surface area contributed by atoms with Crippen molar-refractivity contribution in [3.63, 3.8) is 0 Å². The van der Waals surface area contributed by atoms with Crippen LogP contribution >= 0.6 is 0 Å². The predicted molar refractivity (Wildman–Crippen MR) is 81.1 cm³/mol. The summed E-state index contributed by atoms with van der Waals surface area (Å²) in [5, 5.41) is 9.91. The second-order valence-electron chi connectivity index (χ2n) is 7.47. The van der Waals surface area contributed by atoms with Crippen molar-refractivity contribution in [3.05, 3.63) is 0 Å². The normalized spacial score (nSPS) is 31.4. The minimum Gasteiger partial charge on any atom is -0.417 e. The van der Waals surface area contributed by atoms with Crippen molar-refractivity contribution in [2.24, 2.45) is 17.3 Å². The molecule has 0 aromatic carbocycles. The number of hydrogen-bond donors (Lipinski definition) is 1. The Balaban J connectivity index is 2.20. The van der Waals surface area contributed by atoms with Gasteiger partial charge in [-0.05, 0) is 30.8 Å². The van der Waals surface area contributed by atoms with Crippen molar-refractivity contribution >= 4 is 9.04 Å². The molecule has 2 fully saturated rings. The second-order valence-corrected chi connectivity index (χ2v) is 9.84. The fourth-order valence-corrected chi connectivity index (χ4v) is 4.98. The number of hydrogen-bond acceptors (Lipinski definition) is 4. The van der Waals surface area contributed by atoms with Crippen molar-refractivity contribution in [2.75, 3.05) is 19.8 Å². The van der Waals surface area contributed by atoms with Crippen LogP contribution in [0, 0.1) is 17.3 Å². The van der Waals surface area contributed by atoms with E-state index in [1.54, 1.807) is 0 Å². The van der Waals surface area contributed by atoms with Gasteiger partial charge in [-0.15, -0.1) is 0 Å². The van der Waals surface area contributed by atoms with Gasteiger partial charge in [-0.2, -0.15) is 0 Å². The molecule has 2 rings (SSSR count). The Kier molecular flexibility index (Phi) is 4.97. The summed E-state index contributed by atoms with van der Waals surface area (Å²) in [7, 11) is -1.13. The Hall–Kier alpha value is 0.0569. The van der Waals surface area contributed by atoms with Gasteiger partial charge >= 0.3 is 0 Å². The lowest BCUT2D eigenvalue weighted by molar-refractivity contribution is -0.199. The summed E-state index contributed by atoms with van der Waals surface area (Å²) in [6, 6.07) is 0. The number of rotatable bonds is 4. The monoisotopic (exact) mass is 302 g/mol. The van der Waals surface area contributed by atoms with Gasteiger partial charge in [0.15, 0.2) is 14.8 Å². The highest BCUT2D eigenvalue weighted by Gasteiger charge is 2.56. The van der Waals surface area contributed by atoms with Crippen molar-refractivity contribution < 1.29 is 19.0 Å². The van der Waals surface area contributed by atoms with Gasteiger partial charge in [0.2, 0.25) is 0 Å². The van der Waals surface area contributed by atoms with Crippen LogP contribution in [0.25, 0.3) is 0 Å². The van der Waals surface area contributed by atoms with Crippen molar-refractivity contribution in [1.29, 1.82) is 0 Å². The first-order chi connectivity index (χ1) is 9.30. The highest BCUT2D eigenvalue weighted by Crippen LogP contribution is 2.50. The van der Waals surface area contributed by atoms with Gasteiger partial charge in [0.1, 0.15) is 0 Å². The summed E-state index contributed by atoms with van der Waals surface area (Å²) in [4.78, 5) is 0. The van der Waals surface area contributed by atoms with E-state index in [0.717, 1.165) is 12.8 Å². The summed E-state index contributed by atoms with van der Waals surface area (Å²) in [5.74, 6) is -0.208. The predicted octanol–water partition coefficient (Wildman–Crippen LogP) is 2.16. The fraction of sp³-hybridized carbons (Fsp3) is 1.00. The van der Waals surface area contributed by atoms with E-state index < -0.39 is 14.8 Å². The van der Waals surface area contributed by atoms with Crippen LogP contribution in [0.2, 0.25) is 13.1 Å². The molecule has 2 aliphatic rings. The van der Waals surface area contributed by atoms with Crippen LogP contribution in [0.5, 0.6) is 0 Å². The van der Waals surface area contributed by atoms with Gasteiger partial charge < -0.3 is 19.0 Å². The molecule has 1 saturated carbocycles. The summed E-state index contributed by atoms with van der Waals surface area (Å²) >= 11 is 0. The highest BCUT2D eigenvalue weighted by molar-refractivity contribution is 6.48. The van der Waals surface area contributed by atoms with E-state index in [1.165, 1.54) is 0 Å². The topological polar surface area (TPSA) is 47.9 Å². The van der Waals surface area contributed by atoms with Gasteiger partial charge in [0.05, 0.1) is 25.9 Å². The van der Waals surface area contributed by atoms with E-state index in [0.29, 0.717) is 19.1 Å². The third-order valence-electron chi connectivity index (χ3n) is 4.54. The van der Waals surface area contributed by atoms with Crippen LogP contribution in [0.3, 0.4) is 0 Å². The van der Waals surface area contributed by atoms with Crippen molar-refractivity contribution in [1.82, 2.24) is 0 Å². The maximum absolute atomic E-state index is 9.91. The Labute approximate surface area is 124 Å². The first kappa shape index (κ1) is 16.4. The molecule has 1 saturated heterocycles. The van der Waals surface area contributed by atoms with Gasteiger partial charge in [-0.1, -0.05) is 20.8 Å². The molecule has 1 spiro atoms. The van der Waals surface area contributed by atoms with Crippen LogP contribution in [0.4, 0.5) is 0 Å². The summed E-state index contributed by atoms with van der Waals surface area (Å²) in [6.07, 6.45) is 2.05. The molecule has 1 aliphatic heterocycles. The standard InChI is InChI=1S/C15H30O4Si/c1-14(2,3)13(19-20(4)5)11-6-7-15(12(11)10-16)17-8-9-18-15/h11-13,16,20H,6-10H2,1-5H3/t11-,12+,13?/m0/s1. The quantitative estimate of drug-likeness (QED) is 0.809. The molecule has 0 aromatic heterocycles. The minimum absolute atomic E-state index is 0.0296. The maximum atomic E-state index is 9.91. The lowest BCUT2D eigenvalue weighted by Gasteiger charge is -2.41. The first-order valence-corrected chi connectivity index (χ1v) is 10.6. The van der Waals surface area contributed by atoms with Crippen LogP contribution in [0.15, 0.2) is 0 Å².